The molecule has 0 fully saturated rings. The highest BCUT2D eigenvalue weighted by atomic mass is 15.0. The Balaban J connectivity index is 1.44. The summed E-state index contributed by atoms with van der Waals surface area (Å²) in [6, 6.07) is 49.1. The van der Waals surface area contributed by atoms with Crippen LogP contribution in [-0.4, -0.2) is 24.9 Å². The van der Waals surface area contributed by atoms with E-state index in [-0.39, 0.29) is 0 Å². The zero-order valence-electron chi connectivity index (χ0n) is 27.2. The molecule has 0 saturated heterocycles. The van der Waals surface area contributed by atoms with E-state index in [2.05, 4.69) is 79.9 Å². The number of hydrogen-bond acceptors (Lipinski definition) is 5. The fourth-order valence-corrected chi connectivity index (χ4v) is 6.31. The lowest BCUT2D eigenvalue weighted by molar-refractivity contribution is 1.07. The maximum Gasteiger partial charge on any atom is 0.165 e. The van der Waals surface area contributed by atoms with E-state index in [1.165, 1.54) is 0 Å². The summed E-state index contributed by atoms with van der Waals surface area (Å²) in [5.74, 6) is 2.26. The zero-order chi connectivity index (χ0) is 33.9. The molecule has 0 radical (unpaired) electrons. The number of allylic oxidation sites excluding steroid dienone is 4. The average molecular weight is 642 g/mol. The molecular formula is C45H31N5. The van der Waals surface area contributed by atoms with E-state index in [9.17, 15) is 0 Å². The molecule has 2 heterocycles. The summed E-state index contributed by atoms with van der Waals surface area (Å²) in [5.41, 5.74) is 6.81. The Kier molecular flexibility index (Phi) is 8.13. The summed E-state index contributed by atoms with van der Waals surface area (Å²) in [7, 11) is 0. The average Bonchev–Trinajstić information content (AvgIpc) is 3.19. The largest absolute Gasteiger partial charge is 0.228 e. The van der Waals surface area contributed by atoms with E-state index in [0.29, 0.717) is 23.3 Å². The van der Waals surface area contributed by atoms with Gasteiger partial charge in [0.1, 0.15) is 0 Å². The minimum atomic E-state index is 0.538. The van der Waals surface area contributed by atoms with Gasteiger partial charge in [-0.2, -0.15) is 0 Å². The van der Waals surface area contributed by atoms with Gasteiger partial charge in [-0.1, -0.05) is 165 Å². The van der Waals surface area contributed by atoms with E-state index in [1.54, 1.807) is 12.2 Å². The standard InChI is InChI=1S/C45H31N5/c1-3-16-30(4-2)39-29-40(37-26-15-23-31-17-11-13-24-35(31)37)47-44(46-39)38-28-27-32-18-12-14-25-36(32)41(38)45-49-42(33-19-7-5-8-20-33)48-43(50-45)34-21-9-6-10-22-34/h3-29H,1-2H2/b30-16+. The minimum absolute atomic E-state index is 0.538. The van der Waals surface area contributed by atoms with Crippen molar-refractivity contribution in [3.63, 3.8) is 0 Å². The van der Waals surface area contributed by atoms with Crippen molar-refractivity contribution >= 4 is 27.1 Å². The topological polar surface area (TPSA) is 64.5 Å². The molecule has 236 valence electrons. The quantitative estimate of drug-likeness (QED) is 0.155. The molecule has 0 saturated carbocycles. The van der Waals surface area contributed by atoms with Gasteiger partial charge in [0.25, 0.3) is 0 Å². The Morgan fingerprint density at radius 1 is 0.460 bits per heavy atom. The summed E-state index contributed by atoms with van der Waals surface area (Å²) in [6.07, 6.45) is 5.46. The smallest absolute Gasteiger partial charge is 0.165 e. The molecule has 0 aliphatic rings. The van der Waals surface area contributed by atoms with Crippen molar-refractivity contribution < 1.29 is 0 Å². The van der Waals surface area contributed by atoms with Crippen molar-refractivity contribution in [1.82, 2.24) is 24.9 Å². The highest BCUT2D eigenvalue weighted by Gasteiger charge is 2.21. The second-order valence-corrected chi connectivity index (χ2v) is 11.8. The fourth-order valence-electron chi connectivity index (χ4n) is 6.31. The van der Waals surface area contributed by atoms with Gasteiger partial charge in [0, 0.05) is 27.8 Å². The summed E-state index contributed by atoms with van der Waals surface area (Å²) < 4.78 is 0. The number of fused-ring (bicyclic) bond motifs is 2. The van der Waals surface area contributed by atoms with Crippen LogP contribution in [0.3, 0.4) is 0 Å². The number of aromatic nitrogens is 5. The molecular weight excluding hydrogens is 611 g/mol. The van der Waals surface area contributed by atoms with Gasteiger partial charge >= 0.3 is 0 Å². The van der Waals surface area contributed by atoms with Crippen LogP contribution in [0.2, 0.25) is 0 Å². The number of hydrogen-bond donors (Lipinski definition) is 0. The molecule has 0 spiro atoms. The summed E-state index contributed by atoms with van der Waals surface area (Å²) in [4.78, 5) is 25.7. The molecule has 5 nitrogen and oxygen atoms in total. The normalized spacial score (nSPS) is 11.5. The number of rotatable bonds is 8. The Morgan fingerprint density at radius 2 is 1.04 bits per heavy atom. The van der Waals surface area contributed by atoms with Crippen LogP contribution in [0, 0.1) is 0 Å². The predicted octanol–water partition coefficient (Wildman–Crippen LogP) is 11.1. The Hall–Kier alpha value is -6.85. The Labute approximate surface area is 290 Å². The van der Waals surface area contributed by atoms with Gasteiger partial charge in [-0.25, -0.2) is 24.9 Å². The van der Waals surface area contributed by atoms with Crippen molar-refractivity contribution in [2.45, 2.75) is 0 Å². The SMILES string of the molecule is C=C/C=C(\C=C)c1cc(-c2cccc3ccccc23)nc(-c2ccc3ccccc3c2-c2nc(-c3ccccc3)nc(-c3ccccc3)n2)n1. The second-order valence-electron chi connectivity index (χ2n) is 11.8. The van der Waals surface area contributed by atoms with Gasteiger partial charge in [-0.05, 0) is 39.3 Å². The van der Waals surface area contributed by atoms with Gasteiger partial charge in [-0.3, -0.25) is 0 Å². The van der Waals surface area contributed by atoms with E-state index in [4.69, 9.17) is 24.9 Å². The first-order valence-corrected chi connectivity index (χ1v) is 16.4. The van der Waals surface area contributed by atoms with E-state index in [1.807, 2.05) is 84.9 Å². The molecule has 0 unspecified atom stereocenters. The molecule has 0 bridgehead atoms. The third-order valence-corrected chi connectivity index (χ3v) is 8.70. The van der Waals surface area contributed by atoms with Crippen molar-refractivity contribution in [3.05, 3.63) is 183 Å². The van der Waals surface area contributed by atoms with Gasteiger partial charge in [-0.15, -0.1) is 0 Å². The van der Waals surface area contributed by atoms with Crippen LogP contribution in [-0.2, 0) is 0 Å². The van der Waals surface area contributed by atoms with Crippen LogP contribution < -0.4 is 0 Å². The van der Waals surface area contributed by atoms with Crippen LogP contribution in [0.4, 0.5) is 0 Å². The lowest BCUT2D eigenvalue weighted by Crippen LogP contribution is -2.03. The molecule has 0 aliphatic carbocycles. The monoisotopic (exact) mass is 641 g/mol. The molecule has 0 amide bonds. The van der Waals surface area contributed by atoms with E-state index >= 15 is 0 Å². The van der Waals surface area contributed by atoms with Crippen LogP contribution in [0.15, 0.2) is 177 Å². The molecule has 50 heavy (non-hydrogen) atoms. The van der Waals surface area contributed by atoms with Gasteiger partial charge in [0.15, 0.2) is 23.3 Å². The number of nitrogens with zero attached hydrogens (tertiary/aromatic N) is 5. The molecule has 0 atom stereocenters. The summed E-state index contributed by atoms with van der Waals surface area (Å²) >= 11 is 0. The first-order valence-electron chi connectivity index (χ1n) is 16.4. The van der Waals surface area contributed by atoms with Crippen molar-refractivity contribution in [2.75, 3.05) is 0 Å². The number of benzene rings is 6. The fraction of sp³-hybridized carbons (Fsp3) is 0. The Morgan fingerprint density at radius 3 is 1.70 bits per heavy atom. The lowest BCUT2D eigenvalue weighted by atomic mass is 9.96. The van der Waals surface area contributed by atoms with E-state index < -0.39 is 0 Å². The molecule has 8 rings (SSSR count). The van der Waals surface area contributed by atoms with E-state index in [0.717, 1.165) is 66.3 Å². The summed E-state index contributed by atoms with van der Waals surface area (Å²) in [6.45, 7) is 8.03. The lowest BCUT2D eigenvalue weighted by Gasteiger charge is -2.16. The van der Waals surface area contributed by atoms with Crippen molar-refractivity contribution in [3.8, 4) is 56.8 Å². The van der Waals surface area contributed by atoms with Crippen molar-refractivity contribution in [1.29, 1.82) is 0 Å². The Bertz CT molecular complexity index is 2510. The first kappa shape index (κ1) is 30.5. The van der Waals surface area contributed by atoms with Gasteiger partial charge < -0.3 is 0 Å². The van der Waals surface area contributed by atoms with Crippen LogP contribution in [0.5, 0.6) is 0 Å². The third kappa shape index (κ3) is 5.78. The van der Waals surface area contributed by atoms with Gasteiger partial charge in [0.2, 0.25) is 0 Å². The second kappa shape index (κ2) is 13.3. The van der Waals surface area contributed by atoms with Crippen LogP contribution >= 0.6 is 0 Å². The van der Waals surface area contributed by atoms with Crippen LogP contribution in [0.25, 0.3) is 83.9 Å². The third-order valence-electron chi connectivity index (χ3n) is 8.70. The van der Waals surface area contributed by atoms with Gasteiger partial charge in [0.05, 0.1) is 11.4 Å². The maximum absolute atomic E-state index is 5.29. The maximum atomic E-state index is 5.29. The molecule has 2 aromatic heterocycles. The molecule has 8 aromatic rings. The minimum Gasteiger partial charge on any atom is -0.228 e. The van der Waals surface area contributed by atoms with Crippen molar-refractivity contribution in [2.24, 2.45) is 0 Å². The molecule has 6 aromatic carbocycles. The predicted molar refractivity (Wildman–Crippen MR) is 206 cm³/mol. The van der Waals surface area contributed by atoms with Crippen LogP contribution in [0.1, 0.15) is 5.69 Å². The highest BCUT2D eigenvalue weighted by molar-refractivity contribution is 6.03. The molecule has 5 heteroatoms. The molecule has 0 N–H and O–H groups in total. The first-order chi connectivity index (χ1) is 24.7. The zero-order valence-corrected chi connectivity index (χ0v) is 27.2. The summed E-state index contributed by atoms with van der Waals surface area (Å²) in [5, 5.41) is 4.28. The molecule has 0 aliphatic heterocycles. The highest BCUT2D eigenvalue weighted by Crippen LogP contribution is 2.39.